The molecule has 0 bridgehead atoms. The van der Waals surface area contributed by atoms with Crippen molar-refractivity contribution in [2.75, 3.05) is 26.2 Å². The van der Waals surface area contributed by atoms with Crippen LogP contribution in [-0.4, -0.2) is 52.9 Å². The molecule has 132 valence electrons. The monoisotopic (exact) mass is 339 g/mol. The lowest BCUT2D eigenvalue weighted by Gasteiger charge is -2.28. The van der Waals surface area contributed by atoms with Crippen LogP contribution in [0.15, 0.2) is 34.7 Å². The molecule has 1 aromatic carbocycles. The molecule has 2 aromatic rings. The van der Waals surface area contributed by atoms with Crippen LogP contribution in [0.5, 0.6) is 0 Å². The lowest BCUT2D eigenvalue weighted by Crippen LogP contribution is -2.42. The quantitative estimate of drug-likeness (QED) is 0.857. The number of aryl methyl sites for hydroxylation is 1. The average molecular weight is 339 g/mol. The molecule has 2 saturated heterocycles. The molecule has 2 fully saturated rings. The summed E-state index contributed by atoms with van der Waals surface area (Å²) in [5.41, 5.74) is 1.37. The van der Waals surface area contributed by atoms with E-state index in [1.807, 2.05) is 42.2 Å². The predicted octanol–water partition coefficient (Wildman–Crippen LogP) is 3.35. The highest BCUT2D eigenvalue weighted by molar-refractivity contribution is 5.94. The number of hydrogen-bond acceptors (Lipinski definition) is 4. The zero-order valence-corrected chi connectivity index (χ0v) is 14.8. The maximum absolute atomic E-state index is 13.1. The topological polar surface area (TPSA) is 49.6 Å². The number of carbonyl (C=O) groups excluding carboxylic acids is 1. The number of rotatable bonds is 4. The van der Waals surface area contributed by atoms with Crippen molar-refractivity contribution in [3.8, 4) is 11.5 Å². The highest BCUT2D eigenvalue weighted by atomic mass is 16.4. The summed E-state index contributed by atoms with van der Waals surface area (Å²) in [7, 11) is 0. The smallest absolute Gasteiger partial charge is 0.276 e. The minimum atomic E-state index is 0.0186. The van der Waals surface area contributed by atoms with Crippen molar-refractivity contribution >= 4 is 5.91 Å². The van der Waals surface area contributed by atoms with Gasteiger partial charge in [-0.05, 0) is 57.8 Å². The van der Waals surface area contributed by atoms with Crippen LogP contribution in [-0.2, 0) is 0 Å². The molecule has 3 heterocycles. The normalized spacial score (nSPS) is 21.2. The number of hydrogen-bond donors (Lipinski definition) is 0. The third-order valence-electron chi connectivity index (χ3n) is 5.33. The Balaban J connectivity index is 1.52. The van der Waals surface area contributed by atoms with E-state index >= 15 is 0 Å². The van der Waals surface area contributed by atoms with E-state index < -0.39 is 0 Å². The molecule has 5 heteroatoms. The second-order valence-corrected chi connectivity index (χ2v) is 7.09. The Morgan fingerprint density at radius 3 is 2.68 bits per heavy atom. The molecule has 1 atom stereocenters. The summed E-state index contributed by atoms with van der Waals surface area (Å²) in [6.07, 6.45) is 4.73. The van der Waals surface area contributed by atoms with Gasteiger partial charge in [0.2, 0.25) is 5.89 Å². The van der Waals surface area contributed by atoms with Crippen LogP contribution in [0.4, 0.5) is 0 Å². The Labute approximate surface area is 148 Å². The zero-order valence-electron chi connectivity index (χ0n) is 14.8. The molecule has 0 radical (unpaired) electrons. The largest absolute Gasteiger partial charge is 0.441 e. The fourth-order valence-corrected chi connectivity index (χ4v) is 3.99. The fourth-order valence-electron chi connectivity index (χ4n) is 3.99. The van der Waals surface area contributed by atoms with Gasteiger partial charge >= 0.3 is 0 Å². The summed E-state index contributed by atoms with van der Waals surface area (Å²) in [4.78, 5) is 22.1. The first kappa shape index (κ1) is 16.3. The lowest BCUT2D eigenvalue weighted by atomic mass is 10.2. The second-order valence-electron chi connectivity index (χ2n) is 7.09. The minimum absolute atomic E-state index is 0.0186. The van der Waals surface area contributed by atoms with E-state index in [1.54, 1.807) is 0 Å². The highest BCUT2D eigenvalue weighted by Crippen LogP contribution is 2.26. The molecular weight excluding hydrogens is 314 g/mol. The number of benzene rings is 1. The van der Waals surface area contributed by atoms with Crippen LogP contribution in [0.1, 0.15) is 41.9 Å². The molecule has 2 aliphatic heterocycles. The summed E-state index contributed by atoms with van der Waals surface area (Å²) >= 11 is 0. The number of aromatic nitrogens is 1. The first-order valence-electron chi connectivity index (χ1n) is 9.28. The number of likely N-dealkylation sites (tertiary alicyclic amines) is 2. The van der Waals surface area contributed by atoms with Crippen molar-refractivity contribution in [3.05, 3.63) is 41.8 Å². The third-order valence-corrected chi connectivity index (χ3v) is 5.33. The summed E-state index contributed by atoms with van der Waals surface area (Å²) < 4.78 is 5.78. The third kappa shape index (κ3) is 3.33. The Morgan fingerprint density at radius 2 is 1.92 bits per heavy atom. The summed E-state index contributed by atoms with van der Waals surface area (Å²) in [5.74, 6) is 1.15. The van der Waals surface area contributed by atoms with E-state index in [0.717, 1.165) is 31.5 Å². The van der Waals surface area contributed by atoms with E-state index in [0.29, 0.717) is 23.4 Å². The van der Waals surface area contributed by atoms with Crippen LogP contribution < -0.4 is 0 Å². The summed E-state index contributed by atoms with van der Waals surface area (Å²) in [6, 6.07) is 10.1. The fraction of sp³-hybridized carbons (Fsp3) is 0.500. The predicted molar refractivity (Wildman–Crippen MR) is 96.4 cm³/mol. The molecule has 25 heavy (non-hydrogen) atoms. The maximum atomic E-state index is 13.1. The van der Waals surface area contributed by atoms with Crippen LogP contribution >= 0.6 is 0 Å². The summed E-state index contributed by atoms with van der Waals surface area (Å²) in [6.45, 7) is 5.98. The van der Waals surface area contributed by atoms with Gasteiger partial charge in [0, 0.05) is 24.7 Å². The zero-order chi connectivity index (χ0) is 17.2. The van der Waals surface area contributed by atoms with Crippen LogP contribution in [0.25, 0.3) is 11.5 Å². The van der Waals surface area contributed by atoms with Gasteiger partial charge in [-0.15, -0.1) is 0 Å². The van der Waals surface area contributed by atoms with Crippen LogP contribution in [0, 0.1) is 6.92 Å². The minimum Gasteiger partial charge on any atom is -0.441 e. The van der Waals surface area contributed by atoms with E-state index in [4.69, 9.17) is 4.42 Å². The highest BCUT2D eigenvalue weighted by Gasteiger charge is 2.33. The van der Waals surface area contributed by atoms with Gasteiger partial charge in [0.25, 0.3) is 5.91 Å². The van der Waals surface area contributed by atoms with Crippen molar-refractivity contribution < 1.29 is 9.21 Å². The molecule has 0 spiro atoms. The Hall–Kier alpha value is -2.14. The van der Waals surface area contributed by atoms with Gasteiger partial charge in [0.1, 0.15) is 5.76 Å². The Bertz CT molecular complexity index is 735. The van der Waals surface area contributed by atoms with Gasteiger partial charge in [-0.1, -0.05) is 18.2 Å². The van der Waals surface area contributed by atoms with Crippen molar-refractivity contribution in [2.45, 2.75) is 38.6 Å². The van der Waals surface area contributed by atoms with Gasteiger partial charge < -0.3 is 14.2 Å². The van der Waals surface area contributed by atoms with E-state index in [1.165, 1.54) is 25.9 Å². The van der Waals surface area contributed by atoms with Gasteiger partial charge in [-0.25, -0.2) is 4.98 Å². The summed E-state index contributed by atoms with van der Waals surface area (Å²) in [5, 5.41) is 0. The molecule has 5 nitrogen and oxygen atoms in total. The molecule has 2 aliphatic rings. The number of oxazole rings is 1. The Morgan fingerprint density at radius 1 is 1.16 bits per heavy atom. The van der Waals surface area contributed by atoms with Crippen molar-refractivity contribution in [3.63, 3.8) is 0 Å². The van der Waals surface area contributed by atoms with Crippen molar-refractivity contribution in [1.82, 2.24) is 14.8 Å². The van der Waals surface area contributed by atoms with E-state index in [9.17, 15) is 4.79 Å². The van der Waals surface area contributed by atoms with Crippen LogP contribution in [0.2, 0.25) is 0 Å². The van der Waals surface area contributed by atoms with Crippen molar-refractivity contribution in [2.24, 2.45) is 0 Å². The number of amides is 1. The van der Waals surface area contributed by atoms with Gasteiger partial charge in [-0.3, -0.25) is 4.79 Å². The van der Waals surface area contributed by atoms with E-state index in [2.05, 4.69) is 9.88 Å². The molecule has 4 rings (SSSR count). The molecule has 0 N–H and O–H groups in total. The SMILES string of the molecule is Cc1oc(-c2ccccc2)nc1C(=O)N1CCCC1CN1CCCC1. The number of nitrogens with zero attached hydrogens (tertiary/aromatic N) is 3. The average Bonchev–Trinajstić information content (AvgIpc) is 3.37. The molecule has 1 unspecified atom stereocenters. The maximum Gasteiger partial charge on any atom is 0.276 e. The molecule has 0 saturated carbocycles. The van der Waals surface area contributed by atoms with Gasteiger partial charge in [0.05, 0.1) is 0 Å². The Kier molecular flexibility index (Phi) is 4.57. The lowest BCUT2D eigenvalue weighted by molar-refractivity contribution is 0.0702. The van der Waals surface area contributed by atoms with E-state index in [-0.39, 0.29) is 5.91 Å². The van der Waals surface area contributed by atoms with Gasteiger partial charge in [0.15, 0.2) is 5.69 Å². The standard InChI is InChI=1S/C20H25N3O2/c1-15-18(21-19(25-15)16-8-3-2-4-9-16)20(24)23-13-7-10-17(23)14-22-11-5-6-12-22/h2-4,8-9,17H,5-7,10-14H2,1H3. The molecular formula is C20H25N3O2. The molecule has 1 aromatic heterocycles. The molecule has 1 amide bonds. The number of carbonyl (C=O) groups is 1. The van der Waals surface area contributed by atoms with Crippen molar-refractivity contribution in [1.29, 1.82) is 0 Å². The second kappa shape index (κ2) is 7.00. The molecule has 0 aliphatic carbocycles. The van der Waals surface area contributed by atoms with Crippen LogP contribution in [0.3, 0.4) is 0 Å². The van der Waals surface area contributed by atoms with Gasteiger partial charge in [-0.2, -0.15) is 0 Å². The first-order valence-corrected chi connectivity index (χ1v) is 9.28. The first-order chi connectivity index (χ1) is 12.2.